The van der Waals surface area contributed by atoms with Gasteiger partial charge in [-0.15, -0.1) is 0 Å². The molecule has 6 heteroatoms. The van der Waals surface area contributed by atoms with Gasteiger partial charge in [0.25, 0.3) is 11.5 Å². The van der Waals surface area contributed by atoms with Crippen molar-refractivity contribution in [3.05, 3.63) is 38.9 Å². The molecule has 0 unspecified atom stereocenters. The summed E-state index contributed by atoms with van der Waals surface area (Å²) < 4.78 is 0.269. The van der Waals surface area contributed by atoms with Crippen molar-refractivity contribution in [3.63, 3.8) is 0 Å². The van der Waals surface area contributed by atoms with E-state index < -0.39 is 0 Å². The van der Waals surface area contributed by atoms with Crippen LogP contribution in [0.25, 0.3) is 10.9 Å². The Balaban J connectivity index is 1.93. The zero-order valence-corrected chi connectivity index (χ0v) is 14.2. The van der Waals surface area contributed by atoms with Crippen LogP contribution in [0.4, 0.5) is 0 Å². The average Bonchev–Trinajstić information content (AvgIpc) is 3.31. The van der Waals surface area contributed by atoms with E-state index in [4.69, 9.17) is 12.2 Å². The molecule has 2 N–H and O–H groups in total. The van der Waals surface area contributed by atoms with Crippen LogP contribution < -0.4 is 5.56 Å². The number of carbonyl (C=O) groups excluding carboxylic acids is 1. The SMILES string of the molecule is CC(C)CCN(C(=O)c1ccc2c(=O)[nH]c(=S)[nH]c2c1)C1CC1. The molecule has 0 bridgehead atoms. The Kier molecular flexibility index (Phi) is 4.35. The second kappa shape index (κ2) is 6.28. The molecule has 1 saturated carbocycles. The zero-order chi connectivity index (χ0) is 16.6. The fourth-order valence-corrected chi connectivity index (χ4v) is 2.90. The van der Waals surface area contributed by atoms with Gasteiger partial charge in [-0.1, -0.05) is 13.8 Å². The minimum Gasteiger partial charge on any atom is -0.336 e. The van der Waals surface area contributed by atoms with Gasteiger partial charge in [0.05, 0.1) is 10.9 Å². The van der Waals surface area contributed by atoms with Crippen LogP contribution in [0.3, 0.4) is 0 Å². The Labute approximate surface area is 139 Å². The zero-order valence-electron chi connectivity index (χ0n) is 13.4. The van der Waals surface area contributed by atoms with Crippen LogP contribution in [-0.2, 0) is 0 Å². The van der Waals surface area contributed by atoms with Crippen LogP contribution in [-0.4, -0.2) is 33.4 Å². The number of nitrogens with zero attached hydrogens (tertiary/aromatic N) is 1. The minimum atomic E-state index is -0.235. The van der Waals surface area contributed by atoms with E-state index in [2.05, 4.69) is 23.8 Å². The van der Waals surface area contributed by atoms with Gasteiger partial charge in [-0.3, -0.25) is 14.6 Å². The number of aromatic nitrogens is 2. The monoisotopic (exact) mass is 331 g/mol. The molecule has 1 amide bonds. The van der Waals surface area contributed by atoms with E-state index >= 15 is 0 Å². The Bertz CT molecular complexity index is 849. The highest BCUT2D eigenvalue weighted by Gasteiger charge is 2.32. The summed E-state index contributed by atoms with van der Waals surface area (Å²) in [5, 5.41) is 0.510. The Morgan fingerprint density at radius 1 is 1.35 bits per heavy atom. The summed E-state index contributed by atoms with van der Waals surface area (Å²) in [4.78, 5) is 32.2. The van der Waals surface area contributed by atoms with Gasteiger partial charge in [-0.05, 0) is 55.6 Å². The first-order valence-electron chi connectivity index (χ1n) is 8.03. The third-order valence-electron chi connectivity index (χ3n) is 4.18. The second-order valence-electron chi connectivity index (χ2n) is 6.58. The summed E-state index contributed by atoms with van der Waals surface area (Å²) in [7, 11) is 0. The van der Waals surface area contributed by atoms with E-state index in [9.17, 15) is 9.59 Å². The molecule has 0 radical (unpaired) electrons. The number of H-pyrrole nitrogens is 2. The van der Waals surface area contributed by atoms with Gasteiger partial charge in [-0.25, -0.2) is 0 Å². The molecule has 0 aliphatic heterocycles. The first-order chi connectivity index (χ1) is 11.0. The van der Waals surface area contributed by atoms with Gasteiger partial charge in [0.2, 0.25) is 0 Å². The van der Waals surface area contributed by atoms with E-state index in [0.717, 1.165) is 25.8 Å². The number of carbonyl (C=O) groups is 1. The lowest BCUT2D eigenvalue weighted by molar-refractivity contribution is 0.0735. The molecule has 3 rings (SSSR count). The molecule has 5 nitrogen and oxygen atoms in total. The molecule has 1 aromatic carbocycles. The average molecular weight is 331 g/mol. The van der Waals surface area contributed by atoms with E-state index in [1.54, 1.807) is 18.2 Å². The second-order valence-corrected chi connectivity index (χ2v) is 6.99. The highest BCUT2D eigenvalue weighted by atomic mass is 32.1. The van der Waals surface area contributed by atoms with Gasteiger partial charge in [-0.2, -0.15) is 0 Å². The predicted molar refractivity (Wildman–Crippen MR) is 93.3 cm³/mol. The molecule has 122 valence electrons. The first-order valence-corrected chi connectivity index (χ1v) is 8.44. The van der Waals surface area contributed by atoms with E-state index in [1.165, 1.54) is 0 Å². The van der Waals surface area contributed by atoms with Crippen LogP contribution in [0.2, 0.25) is 0 Å². The maximum Gasteiger partial charge on any atom is 0.259 e. The number of benzene rings is 1. The van der Waals surface area contributed by atoms with Gasteiger partial charge >= 0.3 is 0 Å². The summed E-state index contributed by atoms with van der Waals surface area (Å²) in [6.45, 7) is 5.11. The Morgan fingerprint density at radius 2 is 2.09 bits per heavy atom. The van der Waals surface area contributed by atoms with Crippen molar-refractivity contribution in [2.45, 2.75) is 39.2 Å². The number of nitrogens with one attached hydrogen (secondary N) is 2. The smallest absolute Gasteiger partial charge is 0.259 e. The molecule has 1 aromatic heterocycles. The number of aromatic amines is 2. The van der Waals surface area contributed by atoms with Crippen LogP contribution in [0, 0.1) is 10.7 Å². The molecule has 0 spiro atoms. The standard InChI is InChI=1S/C17H21N3O2S/c1-10(2)7-8-20(12-4-5-12)16(22)11-3-6-13-14(9-11)18-17(23)19-15(13)21/h3,6,9-10,12H,4-5,7-8H2,1-2H3,(H2,18,19,21,23). The van der Waals surface area contributed by atoms with Crippen molar-refractivity contribution in [2.75, 3.05) is 6.54 Å². The number of amides is 1. The van der Waals surface area contributed by atoms with Gasteiger partial charge in [0.1, 0.15) is 0 Å². The predicted octanol–water partition coefficient (Wildman–Crippen LogP) is 3.24. The third kappa shape index (κ3) is 3.52. The first kappa shape index (κ1) is 15.9. The highest BCUT2D eigenvalue weighted by Crippen LogP contribution is 2.29. The fourth-order valence-electron chi connectivity index (χ4n) is 2.70. The molecular weight excluding hydrogens is 310 g/mol. The molecule has 23 heavy (non-hydrogen) atoms. The van der Waals surface area contributed by atoms with Gasteiger partial charge in [0, 0.05) is 18.2 Å². The van der Waals surface area contributed by atoms with Crippen molar-refractivity contribution >= 4 is 29.0 Å². The molecule has 1 heterocycles. The lowest BCUT2D eigenvalue weighted by atomic mass is 10.1. The largest absolute Gasteiger partial charge is 0.336 e. The van der Waals surface area contributed by atoms with Crippen molar-refractivity contribution in [1.29, 1.82) is 0 Å². The molecule has 0 atom stereocenters. The number of fused-ring (bicyclic) bond motifs is 1. The van der Waals surface area contributed by atoms with Crippen molar-refractivity contribution < 1.29 is 4.79 Å². The summed E-state index contributed by atoms with van der Waals surface area (Å²) >= 11 is 5.00. The third-order valence-corrected chi connectivity index (χ3v) is 4.39. The van der Waals surface area contributed by atoms with Crippen molar-refractivity contribution in [2.24, 2.45) is 5.92 Å². The summed E-state index contributed by atoms with van der Waals surface area (Å²) in [5.41, 5.74) is 0.968. The maximum absolute atomic E-state index is 12.9. The lowest BCUT2D eigenvalue weighted by Gasteiger charge is -2.23. The minimum absolute atomic E-state index is 0.0367. The normalized spacial score (nSPS) is 14.4. The van der Waals surface area contributed by atoms with Crippen LogP contribution in [0.1, 0.15) is 43.5 Å². The number of hydrogen-bond donors (Lipinski definition) is 2. The molecule has 1 fully saturated rings. The van der Waals surface area contributed by atoms with Crippen LogP contribution in [0.15, 0.2) is 23.0 Å². The van der Waals surface area contributed by atoms with E-state index in [-0.39, 0.29) is 16.2 Å². The number of hydrogen-bond acceptors (Lipinski definition) is 3. The van der Waals surface area contributed by atoms with Gasteiger partial charge in [0.15, 0.2) is 4.77 Å². The van der Waals surface area contributed by atoms with Crippen LogP contribution in [0.5, 0.6) is 0 Å². The van der Waals surface area contributed by atoms with Gasteiger partial charge < -0.3 is 9.88 Å². The lowest BCUT2D eigenvalue weighted by Crippen LogP contribution is -2.34. The fraction of sp³-hybridized carbons (Fsp3) is 0.471. The Hall–Kier alpha value is -1.95. The Morgan fingerprint density at radius 3 is 2.74 bits per heavy atom. The van der Waals surface area contributed by atoms with Crippen molar-refractivity contribution in [3.8, 4) is 0 Å². The molecule has 0 saturated heterocycles. The molecule has 1 aliphatic rings. The summed E-state index contributed by atoms with van der Waals surface area (Å²) in [6.07, 6.45) is 3.16. The van der Waals surface area contributed by atoms with Crippen molar-refractivity contribution in [1.82, 2.24) is 14.9 Å². The molecule has 2 aromatic rings. The quantitative estimate of drug-likeness (QED) is 0.827. The maximum atomic E-state index is 12.9. The van der Waals surface area contributed by atoms with Crippen LogP contribution >= 0.6 is 12.2 Å². The van der Waals surface area contributed by atoms with E-state index in [0.29, 0.717) is 28.4 Å². The number of rotatable bonds is 5. The summed E-state index contributed by atoms with van der Waals surface area (Å²) in [5.74, 6) is 0.602. The molecule has 1 aliphatic carbocycles. The summed E-state index contributed by atoms with van der Waals surface area (Å²) in [6, 6.07) is 5.50. The topological polar surface area (TPSA) is 69.0 Å². The van der Waals surface area contributed by atoms with E-state index in [1.807, 2.05) is 4.90 Å². The highest BCUT2D eigenvalue weighted by molar-refractivity contribution is 7.71. The molecular formula is C17H21N3O2S.